The number of rotatable bonds is 21. The second kappa shape index (κ2) is 33.6. The van der Waals surface area contributed by atoms with Crippen molar-refractivity contribution < 1.29 is 30.7 Å². The summed E-state index contributed by atoms with van der Waals surface area (Å²) in [6, 6.07) is 85.9. The van der Waals surface area contributed by atoms with Crippen molar-refractivity contribution in [3.05, 3.63) is 280 Å². The quantitative estimate of drug-likeness (QED) is 0.0409. The number of aromatic nitrogens is 1. The molecule has 0 aromatic carbocycles. The number of halogens is 3. The van der Waals surface area contributed by atoms with E-state index in [1.807, 2.05) is 238 Å². The van der Waals surface area contributed by atoms with E-state index in [-0.39, 0.29) is 0 Å². The van der Waals surface area contributed by atoms with Crippen molar-refractivity contribution in [2.45, 2.75) is 5.51 Å². The molecule has 0 fully saturated rings. The minimum absolute atomic E-state index is 1.22. The first-order valence-corrected chi connectivity index (χ1v) is 55.5. The highest BCUT2D eigenvalue weighted by Gasteiger charge is 2.37. The molecule has 0 saturated carbocycles. The number of nitrogens with zero attached hydrogens (tertiary/aromatic N) is 1. The predicted octanol–water partition coefficient (Wildman–Crippen LogP) is 36.9. The third kappa shape index (κ3) is 15.8. The molecule has 22 aromatic heterocycles. The molecule has 0 saturated heterocycles. The van der Waals surface area contributed by atoms with Gasteiger partial charge in [0.2, 0.25) is 0 Å². The van der Waals surface area contributed by atoms with Crippen LogP contribution in [0, 0.1) is 0 Å². The smallest absolute Gasteiger partial charge is 0.485 e. The largest absolute Gasteiger partial charge is 0.741 e. The fourth-order valence-corrected chi connectivity index (χ4v) is 35.9. The predicted molar refractivity (Wildman–Crippen MR) is 533 cm³/mol. The highest BCUT2D eigenvalue weighted by atomic mass is 32.2. The normalized spacial score (nSPS) is 11.9. The van der Waals surface area contributed by atoms with E-state index in [9.17, 15) is 13.2 Å². The first-order chi connectivity index (χ1) is 58.6. The highest BCUT2D eigenvalue weighted by Crippen LogP contribution is 2.59. The molecule has 22 heterocycles. The molecule has 0 radical (unpaired) electrons. The molecule has 0 bridgehead atoms. The molecule has 0 spiro atoms. The van der Waals surface area contributed by atoms with Gasteiger partial charge in [0.25, 0.3) is 0 Å². The van der Waals surface area contributed by atoms with Crippen LogP contribution in [0.1, 0.15) is 0 Å². The van der Waals surface area contributed by atoms with Crippen LogP contribution in [-0.4, -0.2) is 18.5 Å². The number of aryl methyl sites for hydroxylation is 1. The third-order valence-electron chi connectivity index (χ3n) is 19.4. The molecule has 4 nitrogen and oxygen atoms in total. The van der Waals surface area contributed by atoms with Gasteiger partial charge in [-0.2, -0.15) is 13.2 Å². The average molecular weight is 1970 g/mol. The maximum Gasteiger partial charge on any atom is 0.485 e. The van der Waals surface area contributed by atoms with Gasteiger partial charge in [-0.15, -0.1) is 238 Å². The van der Waals surface area contributed by atoms with E-state index in [1.54, 1.807) is 0 Å². The molecule has 29 heteroatoms. The Balaban J connectivity index is 0.00000106. The monoisotopic (exact) mass is 1960 g/mol. The molecule has 0 aliphatic rings. The summed E-state index contributed by atoms with van der Waals surface area (Å²) in [5, 5.41) is 17.6. The number of hydrogen-bond acceptors (Lipinski definition) is 24. The van der Waals surface area contributed by atoms with Crippen molar-refractivity contribution in [3.63, 3.8) is 0 Å². The molecule has 120 heavy (non-hydrogen) atoms. The van der Waals surface area contributed by atoms with Crippen LogP contribution >= 0.6 is 238 Å². The standard InChI is InChI=1S/C90H50NS21.CHF3O3S/c1-91-32-30-49(31-33-91)77-42-54(61-18-21-66(100-61)82-47-55(62-19-22-64(101-62)78-43-50(57-10-2-34-92-57)84(107-78)70-14-6-38-96-70)89(111-82)75-28-25-67(104-75)80-45-52(59-12-4-36-94-59)86(109-80)72-16-8-40-98-72)88(106-77)74-27-24-69(103-74)83-48-56(63-20-23-65(102-63)79-44-51(58-11-3-35-93-58)85(108-79)71-15-7-39-97-71)90(112-83)76-29-26-68(105-76)81-46-53(60-13-5-37-95-60)87(110-81)73-17-9-41-99-73;2-1(3,4)8(5,6)7/h2-48H,1H3;(H,5,6,7)/q+1;/p-1. The zero-order valence-electron chi connectivity index (χ0n) is 61.4. The lowest BCUT2D eigenvalue weighted by atomic mass is 10.1. The Hall–Kier alpha value is -7.45. The highest BCUT2D eigenvalue weighted by molar-refractivity contribution is 7.86. The Kier molecular flexibility index (Phi) is 22.3. The summed E-state index contributed by atoms with van der Waals surface area (Å²) < 4.78 is 61.0. The molecule has 0 N–H and O–H groups in total. The van der Waals surface area contributed by atoms with Crippen LogP contribution in [-0.2, 0) is 17.2 Å². The van der Waals surface area contributed by atoms with Gasteiger partial charge in [-0.25, -0.2) is 13.0 Å². The van der Waals surface area contributed by atoms with Gasteiger partial charge >= 0.3 is 5.51 Å². The molecule has 0 aliphatic heterocycles. The second-order valence-corrected chi connectivity index (χ2v) is 49.7. The van der Waals surface area contributed by atoms with Crippen LogP contribution in [0.25, 0.3) is 210 Å². The second-order valence-electron chi connectivity index (χ2n) is 26.9. The zero-order chi connectivity index (χ0) is 80.9. The molecular formula is C91H50F3NO3S22. The summed E-state index contributed by atoms with van der Waals surface area (Å²) in [7, 11) is -3.99. The van der Waals surface area contributed by atoms with Gasteiger partial charge in [0, 0.05) is 188 Å². The van der Waals surface area contributed by atoms with Crippen molar-refractivity contribution in [1.82, 2.24) is 0 Å². The van der Waals surface area contributed by atoms with Crippen molar-refractivity contribution in [1.29, 1.82) is 0 Å². The Morgan fingerprint density at radius 3 is 0.642 bits per heavy atom. The van der Waals surface area contributed by atoms with Gasteiger partial charge in [-0.1, -0.05) is 48.5 Å². The number of alkyl halides is 3. The molecular weight excluding hydrogens is 1920 g/mol. The fourth-order valence-electron chi connectivity index (χ4n) is 13.8. The maximum atomic E-state index is 10.7. The first-order valence-electron chi connectivity index (χ1n) is 36.5. The van der Waals surface area contributed by atoms with Crippen LogP contribution in [0.15, 0.2) is 280 Å². The van der Waals surface area contributed by atoms with E-state index in [0.29, 0.717) is 0 Å². The number of thiophene rings is 21. The van der Waals surface area contributed by atoms with Crippen LogP contribution in [0.5, 0.6) is 0 Å². The van der Waals surface area contributed by atoms with Crippen molar-refractivity contribution in [3.8, 4) is 210 Å². The van der Waals surface area contributed by atoms with E-state index >= 15 is 0 Å². The lowest BCUT2D eigenvalue weighted by molar-refractivity contribution is -0.671. The third-order valence-corrected chi connectivity index (χ3v) is 44.1. The summed E-state index contributed by atoms with van der Waals surface area (Å²) >= 11 is 39.6. The lowest BCUT2D eigenvalue weighted by Crippen LogP contribution is -2.25. The van der Waals surface area contributed by atoms with E-state index < -0.39 is 15.6 Å². The van der Waals surface area contributed by atoms with Crippen LogP contribution in [0.2, 0.25) is 0 Å². The molecule has 0 unspecified atom stereocenters. The van der Waals surface area contributed by atoms with Crippen molar-refractivity contribution in [2.75, 3.05) is 0 Å². The Bertz CT molecular complexity index is 6480. The number of hydrogen-bond donors (Lipinski definition) is 0. The minimum Gasteiger partial charge on any atom is -0.741 e. The van der Waals surface area contributed by atoms with Crippen LogP contribution in [0.4, 0.5) is 13.2 Å². The molecule has 590 valence electrons. The van der Waals surface area contributed by atoms with Crippen molar-refractivity contribution >= 4 is 248 Å². The number of pyridine rings is 1. The van der Waals surface area contributed by atoms with E-state index in [1.165, 1.54) is 210 Å². The summed E-state index contributed by atoms with van der Waals surface area (Å²) in [5.74, 6) is 0. The molecule has 0 aliphatic carbocycles. The summed E-state index contributed by atoms with van der Waals surface area (Å²) in [6.45, 7) is 0. The van der Waals surface area contributed by atoms with E-state index in [4.69, 9.17) is 13.0 Å². The first kappa shape index (κ1) is 79.7. The van der Waals surface area contributed by atoms with Gasteiger partial charge in [0.15, 0.2) is 22.5 Å². The SMILES string of the molecule is C[n+]1ccc(-c2cc(-c3ccc(-c4cc(-c5ccc(-c6cc(-c7cccs7)c(-c7cccs7)s6)s5)c(-c5ccc(-c6cc(-c7cccs7)c(-c7cccs7)s6)s5)s4)s3)c(-c3ccc(-c4cc(-c5ccc(-c6cc(-c7cccs7)c(-c7cccs7)s6)s5)c(-c5ccc(-c6cc(-c7cccs7)c(-c7cccs7)s6)s5)s4)s3)s2)cc1.O=S(=O)([O-])C(F)(F)F. The molecule has 22 aromatic rings. The summed E-state index contributed by atoms with van der Waals surface area (Å²) in [6.07, 6.45) is 4.34. The zero-order valence-corrected chi connectivity index (χ0v) is 79.4. The fraction of sp³-hybridized carbons (Fsp3) is 0.0220. The molecule has 0 atom stereocenters. The Morgan fingerprint density at radius 1 is 0.233 bits per heavy atom. The summed E-state index contributed by atoms with van der Waals surface area (Å²) in [5.41, 5.74) is 4.74. The van der Waals surface area contributed by atoms with E-state index in [2.05, 4.69) is 292 Å². The average Bonchev–Trinajstić information content (AvgIpc) is 1.72. The topological polar surface area (TPSA) is 61.1 Å². The van der Waals surface area contributed by atoms with Gasteiger partial charge in [-0.3, -0.25) is 0 Å². The van der Waals surface area contributed by atoms with Crippen LogP contribution < -0.4 is 4.57 Å². The Morgan fingerprint density at radius 2 is 0.417 bits per heavy atom. The van der Waals surface area contributed by atoms with Gasteiger partial charge in [0.1, 0.15) is 7.05 Å². The van der Waals surface area contributed by atoms with E-state index in [0.717, 1.165) is 0 Å². The van der Waals surface area contributed by atoms with Crippen molar-refractivity contribution in [2.24, 2.45) is 7.05 Å². The lowest BCUT2D eigenvalue weighted by Gasteiger charge is -2.08. The maximum absolute atomic E-state index is 10.7. The van der Waals surface area contributed by atoms with Gasteiger partial charge < -0.3 is 4.55 Å². The van der Waals surface area contributed by atoms with Crippen LogP contribution in [0.3, 0.4) is 0 Å². The minimum atomic E-state index is -6.09. The Labute approximate surface area is 771 Å². The molecule has 22 rings (SSSR count). The summed E-state index contributed by atoms with van der Waals surface area (Å²) in [4.78, 5) is 44.4. The van der Waals surface area contributed by atoms with Gasteiger partial charge in [0.05, 0.1) is 34.1 Å². The van der Waals surface area contributed by atoms with Gasteiger partial charge in [-0.05, 0) is 207 Å². The molecule has 0 amide bonds.